The predicted octanol–water partition coefficient (Wildman–Crippen LogP) is 2.22. The van der Waals surface area contributed by atoms with Gasteiger partial charge in [0.15, 0.2) is 0 Å². The SMILES string of the molecule is CCN=CN(CC)CC.Cl.Cl. The molecule has 0 saturated carbocycles. The van der Waals surface area contributed by atoms with Gasteiger partial charge in [0.05, 0.1) is 6.34 Å². The average Bonchev–Trinajstić information content (AvgIpc) is 1.91. The molecule has 0 aromatic rings. The largest absolute Gasteiger partial charge is 0.364 e. The van der Waals surface area contributed by atoms with Crippen molar-refractivity contribution in [3.8, 4) is 0 Å². The highest BCUT2D eigenvalue weighted by atomic mass is 35.5. The molecule has 0 amide bonds. The fourth-order valence-electron chi connectivity index (χ4n) is 0.584. The standard InChI is InChI=1S/C7H16N2.2ClH/c1-4-8-7-9(5-2)6-3;;/h7H,4-6H2,1-3H3;2*1H. The lowest BCUT2D eigenvalue weighted by Gasteiger charge is -2.12. The van der Waals surface area contributed by atoms with E-state index in [9.17, 15) is 0 Å². The number of aliphatic imine (C=N–C) groups is 1. The van der Waals surface area contributed by atoms with Crippen molar-refractivity contribution >= 4 is 31.2 Å². The Labute approximate surface area is 81.9 Å². The topological polar surface area (TPSA) is 15.6 Å². The number of nitrogens with zero attached hydrogens (tertiary/aromatic N) is 2. The van der Waals surface area contributed by atoms with Crippen molar-refractivity contribution in [3.05, 3.63) is 0 Å². The molecule has 0 aliphatic carbocycles. The zero-order valence-corrected chi connectivity index (χ0v) is 9.04. The van der Waals surface area contributed by atoms with Gasteiger partial charge in [-0.1, -0.05) is 0 Å². The highest BCUT2D eigenvalue weighted by Gasteiger charge is 1.86. The molecular weight excluding hydrogens is 183 g/mol. The van der Waals surface area contributed by atoms with E-state index in [1.807, 2.05) is 13.3 Å². The second kappa shape index (κ2) is 12.7. The molecular formula is C7H18Cl2N2. The Morgan fingerprint density at radius 1 is 1.09 bits per heavy atom. The summed E-state index contributed by atoms with van der Waals surface area (Å²) < 4.78 is 0. The van der Waals surface area contributed by atoms with Crippen molar-refractivity contribution in [3.63, 3.8) is 0 Å². The third-order valence-corrected chi connectivity index (χ3v) is 1.24. The first-order valence-corrected chi connectivity index (χ1v) is 3.59. The maximum Gasteiger partial charge on any atom is 0.0849 e. The van der Waals surface area contributed by atoms with Crippen molar-refractivity contribution in [1.82, 2.24) is 4.90 Å². The second-order valence-electron chi connectivity index (χ2n) is 1.84. The Hall–Kier alpha value is 0.0500. The van der Waals surface area contributed by atoms with Crippen LogP contribution < -0.4 is 0 Å². The summed E-state index contributed by atoms with van der Waals surface area (Å²) in [5, 5.41) is 0. The van der Waals surface area contributed by atoms with Crippen molar-refractivity contribution in [2.75, 3.05) is 19.6 Å². The summed E-state index contributed by atoms with van der Waals surface area (Å²) in [6.45, 7) is 9.30. The quantitative estimate of drug-likeness (QED) is 0.503. The molecule has 0 rings (SSSR count). The Morgan fingerprint density at radius 2 is 1.55 bits per heavy atom. The van der Waals surface area contributed by atoms with Crippen LogP contribution in [0.25, 0.3) is 0 Å². The lowest BCUT2D eigenvalue weighted by atomic mass is 10.6. The molecule has 0 unspecified atom stereocenters. The molecule has 2 nitrogen and oxygen atoms in total. The van der Waals surface area contributed by atoms with Crippen LogP contribution in [-0.4, -0.2) is 30.9 Å². The zero-order valence-electron chi connectivity index (χ0n) is 7.41. The van der Waals surface area contributed by atoms with Gasteiger partial charge in [0.25, 0.3) is 0 Å². The molecule has 0 fully saturated rings. The molecule has 0 aromatic carbocycles. The third kappa shape index (κ3) is 10.1. The van der Waals surface area contributed by atoms with E-state index in [-0.39, 0.29) is 24.8 Å². The summed E-state index contributed by atoms with van der Waals surface area (Å²) >= 11 is 0. The Bertz CT molecular complexity index is 82.5. The lowest BCUT2D eigenvalue weighted by Crippen LogP contribution is -2.20. The van der Waals surface area contributed by atoms with E-state index in [2.05, 4.69) is 23.7 Å². The smallest absolute Gasteiger partial charge is 0.0849 e. The number of rotatable bonds is 4. The molecule has 0 atom stereocenters. The van der Waals surface area contributed by atoms with Crippen LogP contribution in [0.3, 0.4) is 0 Å². The van der Waals surface area contributed by atoms with Crippen LogP contribution in [0.2, 0.25) is 0 Å². The van der Waals surface area contributed by atoms with Crippen LogP contribution in [-0.2, 0) is 0 Å². The van der Waals surface area contributed by atoms with Crippen LogP contribution in [0.4, 0.5) is 0 Å². The number of hydrogen-bond donors (Lipinski definition) is 0. The second-order valence-corrected chi connectivity index (χ2v) is 1.84. The van der Waals surface area contributed by atoms with Gasteiger partial charge in [-0.05, 0) is 20.8 Å². The van der Waals surface area contributed by atoms with Crippen LogP contribution >= 0.6 is 24.8 Å². The van der Waals surface area contributed by atoms with Gasteiger partial charge in [0, 0.05) is 19.6 Å². The summed E-state index contributed by atoms with van der Waals surface area (Å²) in [4.78, 5) is 6.28. The monoisotopic (exact) mass is 200 g/mol. The van der Waals surface area contributed by atoms with Crippen LogP contribution in [0.5, 0.6) is 0 Å². The molecule has 0 spiro atoms. The van der Waals surface area contributed by atoms with Crippen LogP contribution in [0.15, 0.2) is 4.99 Å². The predicted molar refractivity (Wildman–Crippen MR) is 56.5 cm³/mol. The minimum absolute atomic E-state index is 0. The molecule has 0 aliphatic heterocycles. The van der Waals surface area contributed by atoms with Crippen LogP contribution in [0, 0.1) is 0 Å². The summed E-state index contributed by atoms with van der Waals surface area (Å²) in [5.41, 5.74) is 0. The van der Waals surface area contributed by atoms with Crippen LogP contribution in [0.1, 0.15) is 20.8 Å². The molecule has 0 N–H and O–H groups in total. The minimum Gasteiger partial charge on any atom is -0.364 e. The van der Waals surface area contributed by atoms with E-state index < -0.39 is 0 Å². The fourth-order valence-corrected chi connectivity index (χ4v) is 0.584. The van der Waals surface area contributed by atoms with E-state index in [1.54, 1.807) is 0 Å². The Balaban J connectivity index is -0.000000320. The molecule has 0 radical (unpaired) electrons. The van der Waals surface area contributed by atoms with Gasteiger partial charge in [0.2, 0.25) is 0 Å². The van der Waals surface area contributed by atoms with E-state index in [0.29, 0.717) is 0 Å². The molecule has 0 heterocycles. The van der Waals surface area contributed by atoms with Crippen molar-refractivity contribution < 1.29 is 0 Å². The van der Waals surface area contributed by atoms with Gasteiger partial charge >= 0.3 is 0 Å². The highest BCUT2D eigenvalue weighted by Crippen LogP contribution is 1.79. The van der Waals surface area contributed by atoms with Crippen molar-refractivity contribution in [2.24, 2.45) is 4.99 Å². The van der Waals surface area contributed by atoms with Gasteiger partial charge < -0.3 is 4.90 Å². The van der Waals surface area contributed by atoms with E-state index >= 15 is 0 Å². The van der Waals surface area contributed by atoms with Gasteiger partial charge in [-0.2, -0.15) is 0 Å². The molecule has 0 saturated heterocycles. The van der Waals surface area contributed by atoms with E-state index in [0.717, 1.165) is 19.6 Å². The fraction of sp³-hybridized carbons (Fsp3) is 0.857. The van der Waals surface area contributed by atoms with E-state index in [4.69, 9.17) is 0 Å². The highest BCUT2D eigenvalue weighted by molar-refractivity contribution is 5.85. The van der Waals surface area contributed by atoms with Crippen molar-refractivity contribution in [2.45, 2.75) is 20.8 Å². The molecule has 70 valence electrons. The molecule has 0 aromatic heterocycles. The number of halogens is 2. The van der Waals surface area contributed by atoms with Gasteiger partial charge in [0.1, 0.15) is 0 Å². The summed E-state index contributed by atoms with van der Waals surface area (Å²) in [5.74, 6) is 0. The normalized spacial score (nSPS) is 8.64. The molecule has 0 bridgehead atoms. The number of hydrogen-bond acceptors (Lipinski definition) is 1. The Kier molecular flexibility index (Phi) is 19.9. The van der Waals surface area contributed by atoms with E-state index in [1.165, 1.54) is 0 Å². The summed E-state index contributed by atoms with van der Waals surface area (Å²) in [6.07, 6.45) is 1.92. The maximum absolute atomic E-state index is 4.11. The minimum atomic E-state index is 0. The van der Waals surface area contributed by atoms with Gasteiger partial charge in [-0.15, -0.1) is 24.8 Å². The molecule has 0 aliphatic rings. The lowest BCUT2D eigenvalue weighted by molar-refractivity contribution is 0.478. The first kappa shape index (κ1) is 17.2. The first-order chi connectivity index (χ1) is 4.35. The summed E-state index contributed by atoms with van der Waals surface area (Å²) in [7, 11) is 0. The maximum atomic E-state index is 4.11. The summed E-state index contributed by atoms with van der Waals surface area (Å²) in [6, 6.07) is 0. The Morgan fingerprint density at radius 3 is 1.82 bits per heavy atom. The van der Waals surface area contributed by atoms with Crippen molar-refractivity contribution in [1.29, 1.82) is 0 Å². The average molecular weight is 201 g/mol. The first-order valence-electron chi connectivity index (χ1n) is 3.59. The van der Waals surface area contributed by atoms with Gasteiger partial charge in [-0.25, -0.2) is 0 Å². The van der Waals surface area contributed by atoms with Gasteiger partial charge in [-0.3, -0.25) is 4.99 Å². The third-order valence-electron chi connectivity index (χ3n) is 1.24. The zero-order chi connectivity index (χ0) is 7.11. The molecule has 4 heteroatoms. The molecule has 11 heavy (non-hydrogen) atoms.